The lowest BCUT2D eigenvalue weighted by atomic mass is 9.85. The molecule has 3 fully saturated rings. The first-order chi connectivity index (χ1) is 11.1. The number of aliphatic hydroxyl groups is 1. The van der Waals surface area contributed by atoms with Gasteiger partial charge in [-0.15, -0.1) is 0 Å². The van der Waals surface area contributed by atoms with Gasteiger partial charge in [-0.2, -0.15) is 0 Å². The maximum atomic E-state index is 10.8. The van der Waals surface area contributed by atoms with Crippen LogP contribution in [0.5, 0.6) is 0 Å². The Labute approximate surface area is 152 Å². The fourth-order valence-electron chi connectivity index (χ4n) is 3.70. The SMILES string of the molecule is CC1(C)O[C@@H]2[C@@H](O[Si](C)(C)C(C)(C)C)[C@H]3OC(C)(C)O[C@H]3[C@H](O)[C@H]2O1. The largest absolute Gasteiger partial charge is 0.408 e. The molecule has 25 heavy (non-hydrogen) atoms. The van der Waals surface area contributed by atoms with Crippen LogP contribution in [-0.2, 0) is 23.4 Å². The molecule has 0 unspecified atom stereocenters. The number of hydrogen-bond acceptors (Lipinski definition) is 6. The molecule has 0 aromatic carbocycles. The first-order valence-corrected chi connectivity index (χ1v) is 12.1. The molecule has 6 atom stereocenters. The molecule has 1 N–H and O–H groups in total. The number of rotatable bonds is 2. The van der Waals surface area contributed by atoms with E-state index in [1.54, 1.807) is 0 Å². The van der Waals surface area contributed by atoms with Gasteiger partial charge in [0.05, 0.1) is 0 Å². The Bertz CT molecular complexity index is 494. The lowest BCUT2D eigenvalue weighted by Gasteiger charge is -2.46. The van der Waals surface area contributed by atoms with Crippen LogP contribution in [0, 0.1) is 0 Å². The van der Waals surface area contributed by atoms with Gasteiger partial charge in [0.25, 0.3) is 0 Å². The Morgan fingerprint density at radius 1 is 0.800 bits per heavy atom. The molecule has 0 bridgehead atoms. The van der Waals surface area contributed by atoms with Gasteiger partial charge in [0.2, 0.25) is 0 Å². The third-order valence-electron chi connectivity index (χ3n) is 5.88. The molecule has 0 amide bonds. The number of fused-ring (bicyclic) bond motifs is 2. The van der Waals surface area contributed by atoms with Crippen molar-refractivity contribution in [1.82, 2.24) is 0 Å². The van der Waals surface area contributed by atoms with E-state index in [1.165, 1.54) is 0 Å². The van der Waals surface area contributed by atoms with Gasteiger partial charge in [0.1, 0.15) is 36.6 Å². The zero-order valence-electron chi connectivity index (χ0n) is 17.0. The molecule has 2 aliphatic heterocycles. The molecular formula is C18H34O6Si. The highest BCUT2D eigenvalue weighted by Gasteiger charge is 2.64. The molecule has 0 spiro atoms. The van der Waals surface area contributed by atoms with Crippen molar-refractivity contribution < 1.29 is 28.5 Å². The summed E-state index contributed by atoms with van der Waals surface area (Å²) in [6, 6.07) is 0. The van der Waals surface area contributed by atoms with Crippen molar-refractivity contribution >= 4 is 8.32 Å². The summed E-state index contributed by atoms with van der Waals surface area (Å²) < 4.78 is 31.0. The van der Waals surface area contributed by atoms with Crippen LogP contribution in [0.25, 0.3) is 0 Å². The molecule has 3 aliphatic rings. The predicted molar refractivity (Wildman–Crippen MR) is 95.7 cm³/mol. The standard InChI is InChI=1S/C18H34O6Si/c1-16(2,3)25(8,9)24-15-13-11(20-17(4,5)22-13)10(19)12-14(15)23-18(6,7)21-12/h10-15,19H,1-9H3/t10-,11-,12+,13-,14-,15-/m0/s1. The van der Waals surface area contributed by atoms with Crippen LogP contribution in [0.1, 0.15) is 48.5 Å². The van der Waals surface area contributed by atoms with E-state index in [-0.39, 0.29) is 23.4 Å². The summed E-state index contributed by atoms with van der Waals surface area (Å²) in [5.74, 6) is -1.53. The molecule has 2 saturated heterocycles. The molecule has 6 nitrogen and oxygen atoms in total. The van der Waals surface area contributed by atoms with E-state index in [1.807, 2.05) is 27.7 Å². The molecule has 7 heteroatoms. The van der Waals surface area contributed by atoms with Crippen LogP contribution in [0.4, 0.5) is 0 Å². The Kier molecular flexibility index (Phi) is 4.53. The molecule has 1 aliphatic carbocycles. The summed E-state index contributed by atoms with van der Waals surface area (Å²) in [5.41, 5.74) is 0. The highest BCUT2D eigenvalue weighted by Crippen LogP contribution is 2.47. The van der Waals surface area contributed by atoms with Gasteiger partial charge in [-0.25, -0.2) is 0 Å². The first kappa shape index (κ1) is 19.7. The minimum atomic E-state index is -2.08. The van der Waals surface area contributed by atoms with Gasteiger partial charge < -0.3 is 28.5 Å². The van der Waals surface area contributed by atoms with Gasteiger partial charge in [0, 0.05) is 0 Å². The second kappa shape index (κ2) is 5.74. The Morgan fingerprint density at radius 3 is 1.52 bits per heavy atom. The van der Waals surface area contributed by atoms with E-state index in [4.69, 9.17) is 23.4 Å². The Hall–Kier alpha value is -0.0231. The third-order valence-corrected chi connectivity index (χ3v) is 10.4. The van der Waals surface area contributed by atoms with E-state index in [2.05, 4.69) is 33.9 Å². The van der Waals surface area contributed by atoms with E-state index < -0.39 is 38.2 Å². The monoisotopic (exact) mass is 374 g/mol. The summed E-state index contributed by atoms with van der Waals surface area (Å²) in [5, 5.41) is 10.9. The van der Waals surface area contributed by atoms with Crippen molar-refractivity contribution in [1.29, 1.82) is 0 Å². The topological polar surface area (TPSA) is 66.4 Å². The lowest BCUT2D eigenvalue weighted by molar-refractivity contribution is -0.182. The molecular weight excluding hydrogens is 340 g/mol. The highest BCUT2D eigenvalue weighted by atomic mass is 28.4. The Balaban J connectivity index is 1.95. The van der Waals surface area contributed by atoms with Crippen molar-refractivity contribution in [2.45, 2.75) is 115 Å². The normalized spacial score (nSPS) is 43.0. The van der Waals surface area contributed by atoms with Gasteiger partial charge in [-0.3, -0.25) is 0 Å². The smallest absolute Gasteiger partial charge is 0.192 e. The van der Waals surface area contributed by atoms with Gasteiger partial charge >= 0.3 is 0 Å². The van der Waals surface area contributed by atoms with Crippen molar-refractivity contribution in [3.05, 3.63) is 0 Å². The summed E-state index contributed by atoms with van der Waals surface area (Å²) in [6.07, 6.45) is -2.86. The predicted octanol–water partition coefficient (Wildman–Crippen LogP) is 2.79. The Morgan fingerprint density at radius 2 is 1.16 bits per heavy atom. The molecule has 2 heterocycles. The quantitative estimate of drug-likeness (QED) is 0.750. The van der Waals surface area contributed by atoms with Crippen LogP contribution in [0.3, 0.4) is 0 Å². The van der Waals surface area contributed by atoms with Crippen molar-refractivity contribution in [2.75, 3.05) is 0 Å². The maximum Gasteiger partial charge on any atom is 0.192 e. The van der Waals surface area contributed by atoms with Crippen LogP contribution in [0.15, 0.2) is 0 Å². The second-order valence-corrected chi connectivity index (χ2v) is 14.7. The van der Waals surface area contributed by atoms with E-state index in [0.717, 1.165) is 0 Å². The molecule has 0 aromatic heterocycles. The maximum absolute atomic E-state index is 10.8. The molecule has 3 rings (SSSR count). The number of hydrogen-bond donors (Lipinski definition) is 1. The van der Waals surface area contributed by atoms with Crippen molar-refractivity contribution in [2.24, 2.45) is 0 Å². The van der Waals surface area contributed by atoms with E-state index in [0.29, 0.717) is 0 Å². The van der Waals surface area contributed by atoms with Gasteiger partial charge in [-0.1, -0.05) is 20.8 Å². The zero-order valence-corrected chi connectivity index (χ0v) is 18.0. The van der Waals surface area contributed by atoms with Crippen LogP contribution >= 0.6 is 0 Å². The number of ether oxygens (including phenoxy) is 4. The van der Waals surface area contributed by atoms with Gasteiger partial charge in [-0.05, 0) is 45.8 Å². The molecule has 0 radical (unpaired) electrons. The van der Waals surface area contributed by atoms with Crippen molar-refractivity contribution in [3.8, 4) is 0 Å². The van der Waals surface area contributed by atoms with E-state index in [9.17, 15) is 5.11 Å². The number of aliphatic hydroxyl groups excluding tert-OH is 1. The summed E-state index contributed by atoms with van der Waals surface area (Å²) in [4.78, 5) is 0. The van der Waals surface area contributed by atoms with Crippen molar-refractivity contribution in [3.63, 3.8) is 0 Å². The second-order valence-electron chi connectivity index (χ2n) is 9.96. The summed E-state index contributed by atoms with van der Waals surface area (Å²) in [6.45, 7) is 18.5. The van der Waals surface area contributed by atoms with Crippen LogP contribution in [-0.4, -0.2) is 61.6 Å². The molecule has 0 aromatic rings. The fraction of sp³-hybridized carbons (Fsp3) is 1.00. The fourth-order valence-corrected chi connectivity index (χ4v) is 5.00. The first-order valence-electron chi connectivity index (χ1n) is 9.21. The zero-order chi connectivity index (χ0) is 19.0. The van der Waals surface area contributed by atoms with E-state index >= 15 is 0 Å². The van der Waals surface area contributed by atoms with Crippen LogP contribution < -0.4 is 0 Å². The minimum Gasteiger partial charge on any atom is -0.408 e. The van der Waals surface area contributed by atoms with Crippen LogP contribution in [0.2, 0.25) is 18.1 Å². The summed E-state index contributed by atoms with van der Waals surface area (Å²) >= 11 is 0. The molecule has 146 valence electrons. The summed E-state index contributed by atoms with van der Waals surface area (Å²) in [7, 11) is -2.08. The lowest BCUT2D eigenvalue weighted by Crippen LogP contribution is -2.64. The minimum absolute atomic E-state index is 0.0536. The van der Waals surface area contributed by atoms with Gasteiger partial charge in [0.15, 0.2) is 19.9 Å². The average Bonchev–Trinajstić information content (AvgIpc) is 2.89. The highest BCUT2D eigenvalue weighted by molar-refractivity contribution is 6.74. The third kappa shape index (κ3) is 3.45. The molecule has 1 saturated carbocycles. The average molecular weight is 375 g/mol.